The van der Waals surface area contributed by atoms with Gasteiger partial charge in [-0.2, -0.15) is 0 Å². The van der Waals surface area contributed by atoms with Gasteiger partial charge in [0.05, 0.1) is 11.4 Å². The molecular formula is C52H38N2O. The van der Waals surface area contributed by atoms with Crippen molar-refractivity contribution in [3.8, 4) is 22.4 Å². The molecular weight excluding hydrogens is 669 g/mol. The molecule has 0 saturated carbocycles. The van der Waals surface area contributed by atoms with E-state index in [-0.39, 0.29) is 5.41 Å². The molecule has 0 bridgehead atoms. The Labute approximate surface area is 320 Å². The van der Waals surface area contributed by atoms with Gasteiger partial charge in [0.25, 0.3) is 0 Å². The lowest BCUT2D eigenvalue weighted by Crippen LogP contribution is -2.24. The predicted molar refractivity (Wildman–Crippen MR) is 230 cm³/mol. The average molecular weight is 707 g/mol. The van der Waals surface area contributed by atoms with Crippen molar-refractivity contribution in [1.82, 2.24) is 4.98 Å². The van der Waals surface area contributed by atoms with Crippen LogP contribution in [0.1, 0.15) is 30.9 Å². The summed E-state index contributed by atoms with van der Waals surface area (Å²) in [6.07, 6.45) is 11.2. The first-order chi connectivity index (χ1) is 27.0. The first-order valence-electron chi connectivity index (χ1n) is 19.2. The van der Waals surface area contributed by atoms with Crippen molar-refractivity contribution >= 4 is 60.5 Å². The van der Waals surface area contributed by atoms with Gasteiger partial charge in [-0.1, -0.05) is 147 Å². The number of allylic oxidation sites excluding steroid dienone is 4. The van der Waals surface area contributed by atoms with Crippen LogP contribution in [-0.2, 0) is 5.41 Å². The fourth-order valence-corrected chi connectivity index (χ4v) is 9.47. The Morgan fingerprint density at radius 3 is 2.20 bits per heavy atom. The molecule has 262 valence electrons. The molecule has 0 spiro atoms. The van der Waals surface area contributed by atoms with Crippen LogP contribution in [-0.4, -0.2) is 4.98 Å². The highest BCUT2D eigenvalue weighted by molar-refractivity contribution is 6.25. The number of anilines is 3. The van der Waals surface area contributed by atoms with Crippen LogP contribution in [0.25, 0.3) is 65.9 Å². The smallest absolute Gasteiger partial charge is 0.138 e. The third-order valence-electron chi connectivity index (χ3n) is 12.2. The van der Waals surface area contributed by atoms with Gasteiger partial charge in [-0.25, -0.2) is 0 Å². The minimum absolute atomic E-state index is 0.0123. The summed E-state index contributed by atoms with van der Waals surface area (Å²) in [5, 5.41) is 6.97. The quantitative estimate of drug-likeness (QED) is 0.178. The van der Waals surface area contributed by atoms with Gasteiger partial charge >= 0.3 is 0 Å². The molecule has 0 fully saturated rings. The zero-order chi connectivity index (χ0) is 36.7. The van der Waals surface area contributed by atoms with Crippen molar-refractivity contribution < 1.29 is 4.42 Å². The molecule has 0 saturated heterocycles. The summed E-state index contributed by atoms with van der Waals surface area (Å²) in [6.45, 7) is 4.81. The molecule has 3 nitrogen and oxygen atoms in total. The summed E-state index contributed by atoms with van der Waals surface area (Å²) in [4.78, 5) is 7.34. The van der Waals surface area contributed by atoms with Crippen LogP contribution in [0, 0.1) is 5.92 Å². The first kappa shape index (κ1) is 31.8. The summed E-state index contributed by atoms with van der Waals surface area (Å²) in [5.74, 6) is 0.827. The summed E-state index contributed by atoms with van der Waals surface area (Å²) >= 11 is 0. The Morgan fingerprint density at radius 1 is 0.582 bits per heavy atom. The van der Waals surface area contributed by atoms with Crippen LogP contribution in [0.3, 0.4) is 0 Å². The number of hydrogen-bond acceptors (Lipinski definition) is 3. The monoisotopic (exact) mass is 706 g/mol. The van der Waals surface area contributed by atoms with E-state index < -0.39 is 0 Å². The normalized spacial score (nSPS) is 16.9. The van der Waals surface area contributed by atoms with E-state index in [2.05, 4.69) is 189 Å². The number of nitrogens with zero attached hydrogens (tertiary/aromatic N) is 2. The Balaban J connectivity index is 1.14. The van der Waals surface area contributed by atoms with Crippen molar-refractivity contribution in [2.24, 2.45) is 5.92 Å². The van der Waals surface area contributed by atoms with Gasteiger partial charge in [0, 0.05) is 56.8 Å². The van der Waals surface area contributed by atoms with Gasteiger partial charge in [-0.05, 0) is 80.6 Å². The Morgan fingerprint density at radius 2 is 1.35 bits per heavy atom. The number of hydrogen-bond donors (Lipinski definition) is 0. The lowest BCUT2D eigenvalue weighted by molar-refractivity contribution is 0.394. The largest absolute Gasteiger partial charge is 0.456 e. The Bertz CT molecular complexity index is 3020. The molecule has 11 rings (SSSR count). The van der Waals surface area contributed by atoms with E-state index in [1.165, 1.54) is 21.9 Å². The molecule has 2 unspecified atom stereocenters. The maximum absolute atomic E-state index is 6.86. The van der Waals surface area contributed by atoms with E-state index >= 15 is 0 Å². The Hall–Kier alpha value is -6.71. The van der Waals surface area contributed by atoms with E-state index in [0.29, 0.717) is 11.8 Å². The van der Waals surface area contributed by atoms with E-state index in [0.717, 1.165) is 72.2 Å². The highest BCUT2D eigenvalue weighted by Crippen LogP contribution is 2.55. The number of aromatic nitrogens is 1. The maximum atomic E-state index is 6.86. The van der Waals surface area contributed by atoms with Gasteiger partial charge in [-0.15, -0.1) is 0 Å². The second kappa shape index (κ2) is 12.2. The molecule has 0 radical (unpaired) electrons. The fraction of sp³-hybridized carbons (Fsp3) is 0.0962. The highest BCUT2D eigenvalue weighted by Gasteiger charge is 2.44. The molecule has 2 atom stereocenters. The number of fused-ring (bicyclic) bond motifs is 9. The van der Waals surface area contributed by atoms with Gasteiger partial charge < -0.3 is 9.32 Å². The van der Waals surface area contributed by atoms with E-state index in [4.69, 9.17) is 9.40 Å². The standard InChI is InChI=1S/C52H38N2O/c1-52(2)44-21-11-10-17-40(44)41-27-26-38(30-45(41)52)54(37-25-23-33-13-6-7-16-35(33)29-37)47-31-49-51(43-19-9-8-18-42(43)47)50-39(20-12-22-48(50)55-49)36-24-28-46(53-32-36)34-14-4-3-5-15-34/h3-32,40,44H,1-2H3. The SMILES string of the molecule is CC1(C)c2cc(N(c3ccc4ccccc4c3)c3cc4oc5cccc(-c6ccc(-c7ccccc7)nc6)c5c4c4ccccc34)ccc2C2C=CC=CC21. The van der Waals surface area contributed by atoms with Crippen molar-refractivity contribution in [3.63, 3.8) is 0 Å². The summed E-state index contributed by atoms with van der Waals surface area (Å²) < 4.78 is 6.86. The van der Waals surface area contributed by atoms with Crippen LogP contribution >= 0.6 is 0 Å². The van der Waals surface area contributed by atoms with Gasteiger partial charge in [0.15, 0.2) is 0 Å². The number of furan rings is 1. The minimum atomic E-state index is -0.0123. The second-order valence-corrected chi connectivity index (χ2v) is 15.6. The van der Waals surface area contributed by atoms with E-state index in [9.17, 15) is 0 Å². The molecule has 2 aliphatic carbocycles. The molecule has 55 heavy (non-hydrogen) atoms. The van der Waals surface area contributed by atoms with Crippen molar-refractivity contribution in [2.45, 2.75) is 25.2 Å². The number of rotatable bonds is 5. The summed E-state index contributed by atoms with van der Waals surface area (Å²) in [6, 6.07) is 54.6. The highest BCUT2D eigenvalue weighted by atomic mass is 16.3. The van der Waals surface area contributed by atoms with E-state index in [1.54, 1.807) is 0 Å². The van der Waals surface area contributed by atoms with Gasteiger partial charge in [-0.3, -0.25) is 4.98 Å². The first-order valence-corrected chi connectivity index (χ1v) is 19.2. The van der Waals surface area contributed by atoms with Crippen molar-refractivity contribution in [1.29, 1.82) is 0 Å². The molecule has 2 heterocycles. The predicted octanol–water partition coefficient (Wildman–Crippen LogP) is 14.2. The second-order valence-electron chi connectivity index (χ2n) is 15.6. The van der Waals surface area contributed by atoms with Crippen molar-refractivity contribution in [3.05, 3.63) is 193 Å². The van der Waals surface area contributed by atoms with Crippen LogP contribution in [0.2, 0.25) is 0 Å². The van der Waals surface area contributed by atoms with Crippen molar-refractivity contribution in [2.75, 3.05) is 4.90 Å². The third-order valence-corrected chi connectivity index (χ3v) is 12.2. The third kappa shape index (κ3) is 4.93. The van der Waals surface area contributed by atoms with Gasteiger partial charge in [0.1, 0.15) is 11.2 Å². The Kier molecular flexibility index (Phi) is 7.03. The molecule has 2 aromatic heterocycles. The number of benzene rings is 7. The molecule has 0 aliphatic heterocycles. The lowest BCUT2D eigenvalue weighted by atomic mass is 9.74. The lowest BCUT2D eigenvalue weighted by Gasteiger charge is -2.31. The average Bonchev–Trinajstić information content (AvgIpc) is 3.73. The maximum Gasteiger partial charge on any atom is 0.138 e. The zero-order valence-electron chi connectivity index (χ0n) is 30.8. The molecule has 9 aromatic rings. The topological polar surface area (TPSA) is 29.3 Å². The van der Waals surface area contributed by atoms with Crippen LogP contribution < -0.4 is 4.90 Å². The van der Waals surface area contributed by atoms with Crippen LogP contribution in [0.4, 0.5) is 17.1 Å². The van der Waals surface area contributed by atoms with Crippen LogP contribution in [0.5, 0.6) is 0 Å². The molecule has 3 heteroatoms. The van der Waals surface area contributed by atoms with E-state index in [1.807, 2.05) is 12.3 Å². The summed E-state index contributed by atoms with van der Waals surface area (Å²) in [7, 11) is 0. The number of pyridine rings is 1. The van der Waals surface area contributed by atoms with Gasteiger partial charge in [0.2, 0.25) is 0 Å². The molecule has 0 amide bonds. The molecule has 2 aliphatic rings. The summed E-state index contributed by atoms with van der Waals surface area (Å²) in [5.41, 5.74) is 12.1. The minimum Gasteiger partial charge on any atom is -0.456 e. The fourth-order valence-electron chi connectivity index (χ4n) is 9.47. The molecule has 0 N–H and O–H groups in total. The van der Waals surface area contributed by atoms with Crippen LogP contribution in [0.15, 0.2) is 187 Å². The molecule has 7 aromatic carbocycles. The zero-order valence-corrected chi connectivity index (χ0v) is 30.8.